The second-order valence-electron chi connectivity index (χ2n) is 8.52. The Kier molecular flexibility index (Phi) is 5.12. The summed E-state index contributed by atoms with van der Waals surface area (Å²) in [5.41, 5.74) is -1.75. The lowest BCUT2D eigenvalue weighted by atomic mass is 10.1. The highest BCUT2D eigenvalue weighted by Gasteiger charge is 2.49. The predicted molar refractivity (Wildman–Crippen MR) is 116 cm³/mol. The number of aromatic nitrogens is 2. The van der Waals surface area contributed by atoms with Crippen LogP contribution in [0.2, 0.25) is 0 Å². The molecule has 1 fully saturated rings. The van der Waals surface area contributed by atoms with Crippen molar-refractivity contribution in [2.75, 3.05) is 13.7 Å². The Balaban J connectivity index is 1.50. The summed E-state index contributed by atoms with van der Waals surface area (Å²) in [6.07, 6.45) is -4.29. The molecule has 1 saturated heterocycles. The van der Waals surface area contributed by atoms with Gasteiger partial charge < -0.3 is 14.7 Å². The molecule has 0 saturated carbocycles. The lowest BCUT2D eigenvalue weighted by Gasteiger charge is -2.27. The molecule has 1 aromatic heterocycles. The summed E-state index contributed by atoms with van der Waals surface area (Å²) in [6, 6.07) is 10.4. The highest BCUT2D eigenvalue weighted by atomic mass is 19.4. The van der Waals surface area contributed by atoms with E-state index in [4.69, 9.17) is 10.00 Å². The van der Waals surface area contributed by atoms with Crippen LogP contribution in [0.25, 0.3) is 5.69 Å². The third-order valence-electron chi connectivity index (χ3n) is 6.55. The molecule has 3 aromatic rings. The van der Waals surface area contributed by atoms with Crippen LogP contribution in [-0.2, 0) is 17.4 Å². The molecule has 2 aliphatic heterocycles. The maximum absolute atomic E-state index is 13.4. The Morgan fingerprint density at radius 3 is 2.71 bits per heavy atom. The van der Waals surface area contributed by atoms with Gasteiger partial charge in [0.25, 0.3) is 0 Å². The summed E-state index contributed by atoms with van der Waals surface area (Å²) in [5.74, 6) is -0.101. The Labute approximate surface area is 197 Å². The first-order chi connectivity index (χ1) is 16.6. The van der Waals surface area contributed by atoms with Crippen LogP contribution in [0.4, 0.5) is 13.2 Å². The summed E-state index contributed by atoms with van der Waals surface area (Å²) < 4.78 is 47.6. The van der Waals surface area contributed by atoms with E-state index in [0.717, 1.165) is 16.2 Å². The zero-order chi connectivity index (χ0) is 25.1. The molecule has 0 radical (unpaired) electrons. The van der Waals surface area contributed by atoms with Gasteiger partial charge in [-0.2, -0.15) is 18.4 Å². The van der Waals surface area contributed by atoms with Crippen molar-refractivity contribution in [1.29, 1.82) is 5.26 Å². The van der Waals surface area contributed by atoms with Gasteiger partial charge in [0.05, 0.1) is 48.5 Å². The quantitative estimate of drug-likeness (QED) is 0.613. The normalized spacial score (nSPS) is 18.4. The van der Waals surface area contributed by atoms with Gasteiger partial charge in [0.15, 0.2) is 0 Å². The third kappa shape index (κ3) is 3.53. The molecule has 1 amide bonds. The molecule has 180 valence electrons. The number of likely N-dealkylation sites (tertiary alicyclic amines) is 1. The number of halogens is 3. The van der Waals surface area contributed by atoms with E-state index in [0.29, 0.717) is 18.2 Å². The summed E-state index contributed by atoms with van der Waals surface area (Å²) in [5, 5.41) is 20.0. The fourth-order valence-electron chi connectivity index (χ4n) is 5.02. The highest BCUT2D eigenvalue weighted by Crippen LogP contribution is 2.49. The number of aromatic hydroxyl groups is 1. The fraction of sp³-hybridized carbons (Fsp3) is 0.292. The predicted octanol–water partition coefficient (Wildman–Crippen LogP) is 3.31. The number of nitriles is 1. The second-order valence-corrected chi connectivity index (χ2v) is 8.52. The Bertz CT molecular complexity index is 1450. The molecule has 2 bridgehead atoms. The van der Waals surface area contributed by atoms with Gasteiger partial charge in [-0.05, 0) is 42.3 Å². The lowest BCUT2D eigenvalue weighted by molar-refractivity contribution is -0.137. The van der Waals surface area contributed by atoms with E-state index in [9.17, 15) is 27.9 Å². The maximum atomic E-state index is 13.4. The zero-order valence-corrected chi connectivity index (χ0v) is 18.4. The lowest BCUT2D eigenvalue weighted by Crippen LogP contribution is -2.38. The Hall–Kier alpha value is -4.20. The minimum absolute atomic E-state index is 0.0939. The van der Waals surface area contributed by atoms with Gasteiger partial charge in [0.2, 0.25) is 11.8 Å². The number of ether oxygens (including phenoxy) is 1. The van der Waals surface area contributed by atoms with E-state index in [1.807, 2.05) is 0 Å². The monoisotopic (exact) mass is 484 g/mol. The van der Waals surface area contributed by atoms with E-state index in [1.165, 1.54) is 23.8 Å². The SMILES string of the molecule is COc1cccc(CC(=O)N2CC3CC2c2c(O)n(-c4ccc(C#N)c(C(F)(F)F)c4)c(=O)n23)c1. The van der Waals surface area contributed by atoms with Gasteiger partial charge in [-0.3, -0.25) is 9.36 Å². The van der Waals surface area contributed by atoms with Crippen LogP contribution in [0, 0.1) is 11.3 Å². The van der Waals surface area contributed by atoms with E-state index < -0.39 is 41.0 Å². The van der Waals surface area contributed by atoms with E-state index in [-0.39, 0.29) is 30.3 Å². The average molecular weight is 484 g/mol. The van der Waals surface area contributed by atoms with Crippen LogP contribution in [0.15, 0.2) is 47.3 Å². The first kappa shape index (κ1) is 22.6. The Morgan fingerprint density at radius 2 is 2.03 bits per heavy atom. The van der Waals surface area contributed by atoms with Crippen molar-refractivity contribution in [3.05, 3.63) is 75.3 Å². The maximum Gasteiger partial charge on any atom is 0.417 e. The van der Waals surface area contributed by atoms with Crippen molar-refractivity contribution in [3.63, 3.8) is 0 Å². The highest BCUT2D eigenvalue weighted by molar-refractivity contribution is 5.80. The Morgan fingerprint density at radius 1 is 1.26 bits per heavy atom. The van der Waals surface area contributed by atoms with Crippen molar-refractivity contribution in [3.8, 4) is 23.4 Å². The molecule has 35 heavy (non-hydrogen) atoms. The number of imidazole rings is 1. The van der Waals surface area contributed by atoms with E-state index in [1.54, 1.807) is 29.2 Å². The van der Waals surface area contributed by atoms with Crippen LogP contribution in [0.5, 0.6) is 11.6 Å². The average Bonchev–Trinajstić information content (AvgIpc) is 3.49. The molecule has 2 unspecified atom stereocenters. The number of methoxy groups -OCH3 is 1. The van der Waals surface area contributed by atoms with Crippen LogP contribution in [0.3, 0.4) is 0 Å². The molecule has 5 rings (SSSR count). The summed E-state index contributed by atoms with van der Waals surface area (Å²) in [6.45, 7) is 0.255. The fourth-order valence-corrected chi connectivity index (χ4v) is 5.02. The number of carbonyl (C=O) groups excluding carboxylic acids is 1. The number of alkyl halides is 3. The molecule has 11 heteroatoms. The molecule has 2 aromatic carbocycles. The zero-order valence-electron chi connectivity index (χ0n) is 18.4. The van der Waals surface area contributed by atoms with Crippen molar-refractivity contribution in [1.82, 2.24) is 14.0 Å². The number of benzene rings is 2. The summed E-state index contributed by atoms with van der Waals surface area (Å²) in [7, 11) is 1.53. The molecule has 3 heterocycles. The van der Waals surface area contributed by atoms with E-state index in [2.05, 4.69) is 0 Å². The van der Waals surface area contributed by atoms with Gasteiger partial charge in [-0.1, -0.05) is 12.1 Å². The molecule has 8 nitrogen and oxygen atoms in total. The molecular weight excluding hydrogens is 465 g/mol. The topological polar surface area (TPSA) is 100 Å². The molecule has 0 aliphatic carbocycles. The van der Waals surface area contributed by atoms with Crippen molar-refractivity contribution in [2.45, 2.75) is 31.1 Å². The van der Waals surface area contributed by atoms with Gasteiger partial charge in [0, 0.05) is 6.54 Å². The van der Waals surface area contributed by atoms with E-state index >= 15 is 0 Å². The van der Waals surface area contributed by atoms with Crippen molar-refractivity contribution < 1.29 is 27.8 Å². The van der Waals surface area contributed by atoms with Gasteiger partial charge >= 0.3 is 11.9 Å². The number of hydrogen-bond donors (Lipinski definition) is 1. The number of hydrogen-bond acceptors (Lipinski definition) is 5. The standard InChI is InChI=1S/C24H19F3N4O4/c1-35-17-4-2-3-13(7-17)8-20(32)29-12-16-10-19(29)21-22(33)31(23(34)30(16)21)15-6-5-14(11-28)18(9-15)24(25,26)27/h2-7,9,16,19,33H,8,10,12H2,1H3. The summed E-state index contributed by atoms with van der Waals surface area (Å²) >= 11 is 0. The second kappa shape index (κ2) is 7.94. The van der Waals surface area contributed by atoms with Gasteiger partial charge in [-0.25, -0.2) is 9.36 Å². The van der Waals surface area contributed by atoms with Crippen LogP contribution in [-0.4, -0.2) is 38.7 Å². The number of carbonyl (C=O) groups is 1. The van der Waals surface area contributed by atoms with Crippen molar-refractivity contribution in [2.24, 2.45) is 0 Å². The van der Waals surface area contributed by atoms with Crippen LogP contribution < -0.4 is 10.4 Å². The van der Waals surface area contributed by atoms with Crippen molar-refractivity contribution >= 4 is 5.91 Å². The third-order valence-corrected chi connectivity index (χ3v) is 6.55. The van der Waals surface area contributed by atoms with Crippen LogP contribution in [0.1, 0.15) is 40.9 Å². The minimum atomic E-state index is -4.81. The minimum Gasteiger partial charge on any atom is -0.497 e. The molecule has 2 atom stereocenters. The van der Waals surface area contributed by atoms with Crippen LogP contribution >= 0.6 is 0 Å². The summed E-state index contributed by atoms with van der Waals surface area (Å²) in [4.78, 5) is 27.8. The number of fused-ring (bicyclic) bond motifs is 5. The molecular formula is C24H19F3N4O4. The number of amides is 1. The largest absolute Gasteiger partial charge is 0.497 e. The molecule has 1 N–H and O–H groups in total. The number of rotatable bonds is 4. The number of nitrogens with zero attached hydrogens (tertiary/aromatic N) is 4. The molecule has 2 aliphatic rings. The smallest absolute Gasteiger partial charge is 0.417 e. The van der Waals surface area contributed by atoms with Gasteiger partial charge in [-0.15, -0.1) is 0 Å². The van der Waals surface area contributed by atoms with Gasteiger partial charge in [0.1, 0.15) is 11.4 Å². The first-order valence-corrected chi connectivity index (χ1v) is 10.7. The molecule has 0 spiro atoms. The first-order valence-electron chi connectivity index (χ1n) is 10.7.